The number of amides is 1. The van der Waals surface area contributed by atoms with Gasteiger partial charge in [-0.05, 0) is 43.2 Å². The molecule has 1 amide bonds. The number of hydrogen-bond acceptors (Lipinski definition) is 4. The summed E-state index contributed by atoms with van der Waals surface area (Å²) in [6.45, 7) is 0. The molecule has 5 nitrogen and oxygen atoms in total. The molecular formula is C23H22FNO4. The smallest absolute Gasteiger partial charge is 0.232 e. The summed E-state index contributed by atoms with van der Waals surface area (Å²) in [7, 11) is 3.11. The zero-order valence-electron chi connectivity index (χ0n) is 16.4. The van der Waals surface area contributed by atoms with E-state index in [4.69, 9.17) is 9.47 Å². The Labute approximate surface area is 168 Å². The highest BCUT2D eigenvalue weighted by atomic mass is 19.1. The van der Waals surface area contributed by atoms with Gasteiger partial charge in [-0.2, -0.15) is 0 Å². The molecular weight excluding hydrogens is 373 g/mol. The normalized spacial score (nSPS) is 19.3. The van der Waals surface area contributed by atoms with Crippen molar-refractivity contribution in [2.75, 3.05) is 19.1 Å². The van der Waals surface area contributed by atoms with Gasteiger partial charge in [0.2, 0.25) is 5.91 Å². The number of Topliss-reactive ketones (excluding diaryl/α,β-unsaturated/α-hetero) is 1. The minimum atomic E-state index is -0.396. The predicted molar refractivity (Wildman–Crippen MR) is 107 cm³/mol. The molecule has 29 heavy (non-hydrogen) atoms. The lowest BCUT2D eigenvalue weighted by atomic mass is 9.76. The summed E-state index contributed by atoms with van der Waals surface area (Å²) in [4.78, 5) is 27.7. The molecule has 1 atom stereocenters. The van der Waals surface area contributed by atoms with E-state index < -0.39 is 5.92 Å². The Morgan fingerprint density at radius 2 is 1.76 bits per heavy atom. The standard InChI is InChI=1S/C23H22FNO4/c1-28-20-8-3-5-16(23(20)29-2)17-13-21(27)25(15-11-9-14(24)10-12-15)18-6-4-7-19(26)22(17)18/h3,5,8-12,17H,4,6-7,13H2,1-2H3. The van der Waals surface area contributed by atoms with Gasteiger partial charge in [-0.3, -0.25) is 14.5 Å². The van der Waals surface area contributed by atoms with Crippen LogP contribution in [0.25, 0.3) is 0 Å². The zero-order chi connectivity index (χ0) is 20.5. The number of rotatable bonds is 4. The number of anilines is 1. The van der Waals surface area contributed by atoms with Crippen molar-refractivity contribution in [1.29, 1.82) is 0 Å². The molecule has 0 saturated heterocycles. The summed E-state index contributed by atoms with van der Waals surface area (Å²) in [6, 6.07) is 11.3. The van der Waals surface area contributed by atoms with Crippen LogP contribution in [0.15, 0.2) is 53.7 Å². The first-order chi connectivity index (χ1) is 14.0. The van der Waals surface area contributed by atoms with Gasteiger partial charge in [0, 0.05) is 41.3 Å². The molecule has 0 saturated carbocycles. The van der Waals surface area contributed by atoms with Crippen LogP contribution < -0.4 is 14.4 Å². The Bertz CT molecular complexity index is 996. The van der Waals surface area contributed by atoms with Gasteiger partial charge in [-0.15, -0.1) is 0 Å². The molecule has 0 radical (unpaired) electrons. The molecule has 0 fully saturated rings. The molecule has 0 N–H and O–H groups in total. The third-order valence-corrected chi connectivity index (χ3v) is 5.57. The number of nitrogens with zero attached hydrogens (tertiary/aromatic N) is 1. The van der Waals surface area contributed by atoms with E-state index in [0.29, 0.717) is 47.7 Å². The van der Waals surface area contributed by atoms with Gasteiger partial charge in [0.15, 0.2) is 17.3 Å². The Kier molecular flexibility index (Phi) is 5.09. The van der Waals surface area contributed by atoms with Crippen molar-refractivity contribution in [3.8, 4) is 11.5 Å². The average molecular weight is 395 g/mol. The molecule has 1 unspecified atom stereocenters. The van der Waals surface area contributed by atoms with Gasteiger partial charge in [-0.25, -0.2) is 4.39 Å². The molecule has 2 aliphatic rings. The number of hydrogen-bond donors (Lipinski definition) is 0. The maximum Gasteiger partial charge on any atom is 0.232 e. The molecule has 1 aliphatic heterocycles. The van der Waals surface area contributed by atoms with Crippen molar-refractivity contribution in [2.24, 2.45) is 0 Å². The lowest BCUT2D eigenvalue weighted by molar-refractivity contribution is -0.119. The fourth-order valence-corrected chi connectivity index (χ4v) is 4.33. The Morgan fingerprint density at radius 1 is 1.00 bits per heavy atom. The summed E-state index contributed by atoms with van der Waals surface area (Å²) in [5.41, 5.74) is 2.70. The second-order valence-electron chi connectivity index (χ2n) is 7.18. The van der Waals surface area contributed by atoms with Crippen LogP contribution >= 0.6 is 0 Å². The van der Waals surface area contributed by atoms with E-state index in [9.17, 15) is 14.0 Å². The van der Waals surface area contributed by atoms with Gasteiger partial charge in [-0.1, -0.05) is 12.1 Å². The molecule has 150 valence electrons. The quantitative estimate of drug-likeness (QED) is 0.771. The number of carbonyl (C=O) groups is 2. The average Bonchev–Trinajstić information content (AvgIpc) is 2.73. The summed E-state index contributed by atoms with van der Waals surface area (Å²) >= 11 is 0. The minimum absolute atomic E-state index is 0.0423. The molecule has 0 spiro atoms. The number of allylic oxidation sites excluding steroid dienone is 2. The molecule has 6 heteroatoms. The first kappa shape index (κ1) is 19.2. The summed E-state index contributed by atoms with van der Waals surface area (Å²) in [6.07, 6.45) is 1.89. The van der Waals surface area contributed by atoms with E-state index in [1.165, 1.54) is 12.1 Å². The first-order valence-corrected chi connectivity index (χ1v) is 9.60. The lowest BCUT2D eigenvalue weighted by Crippen LogP contribution is -2.40. The van der Waals surface area contributed by atoms with Crippen molar-refractivity contribution < 1.29 is 23.5 Å². The van der Waals surface area contributed by atoms with Crippen molar-refractivity contribution >= 4 is 17.4 Å². The van der Waals surface area contributed by atoms with E-state index in [1.807, 2.05) is 12.1 Å². The molecule has 1 aliphatic carbocycles. The number of para-hydroxylation sites is 1. The fraction of sp³-hybridized carbons (Fsp3) is 0.304. The highest BCUT2D eigenvalue weighted by Crippen LogP contribution is 2.47. The SMILES string of the molecule is COc1cccc(C2CC(=O)N(c3ccc(F)cc3)C3=C2C(=O)CCC3)c1OC. The summed E-state index contributed by atoms with van der Waals surface area (Å²) in [5.74, 6) is 0.246. The first-order valence-electron chi connectivity index (χ1n) is 9.60. The number of carbonyl (C=O) groups excluding carboxylic acids is 2. The van der Waals surface area contributed by atoms with Gasteiger partial charge in [0.25, 0.3) is 0 Å². The van der Waals surface area contributed by atoms with Crippen LogP contribution in [0.4, 0.5) is 10.1 Å². The third-order valence-electron chi connectivity index (χ3n) is 5.57. The Hall–Kier alpha value is -3.15. The van der Waals surface area contributed by atoms with Crippen LogP contribution in [0.2, 0.25) is 0 Å². The molecule has 0 bridgehead atoms. The lowest BCUT2D eigenvalue weighted by Gasteiger charge is -2.38. The number of methoxy groups -OCH3 is 2. The largest absolute Gasteiger partial charge is 0.493 e. The topological polar surface area (TPSA) is 55.8 Å². The summed E-state index contributed by atoms with van der Waals surface area (Å²) in [5, 5.41) is 0. The monoisotopic (exact) mass is 395 g/mol. The van der Waals surface area contributed by atoms with Crippen molar-refractivity contribution in [3.05, 3.63) is 65.1 Å². The molecule has 2 aromatic rings. The number of benzene rings is 2. The third kappa shape index (κ3) is 3.28. The Balaban J connectivity index is 1.88. The highest BCUT2D eigenvalue weighted by Gasteiger charge is 2.41. The minimum Gasteiger partial charge on any atom is -0.493 e. The van der Waals surface area contributed by atoms with Crippen LogP contribution in [0.3, 0.4) is 0 Å². The highest BCUT2D eigenvalue weighted by molar-refractivity contribution is 6.07. The van der Waals surface area contributed by atoms with Crippen LogP contribution in [0.1, 0.15) is 37.2 Å². The van der Waals surface area contributed by atoms with E-state index >= 15 is 0 Å². The second-order valence-corrected chi connectivity index (χ2v) is 7.18. The maximum absolute atomic E-state index is 13.4. The molecule has 2 aromatic carbocycles. The van der Waals surface area contributed by atoms with E-state index in [0.717, 1.165) is 5.56 Å². The molecule has 4 rings (SSSR count). The van der Waals surface area contributed by atoms with E-state index in [1.54, 1.807) is 37.3 Å². The van der Waals surface area contributed by atoms with Gasteiger partial charge in [0.05, 0.1) is 14.2 Å². The van der Waals surface area contributed by atoms with Gasteiger partial charge >= 0.3 is 0 Å². The molecule has 0 aromatic heterocycles. The predicted octanol–water partition coefficient (Wildman–Crippen LogP) is 4.37. The molecule has 1 heterocycles. The number of ketones is 1. The zero-order valence-corrected chi connectivity index (χ0v) is 16.4. The van der Waals surface area contributed by atoms with Crippen molar-refractivity contribution in [1.82, 2.24) is 0 Å². The van der Waals surface area contributed by atoms with Gasteiger partial charge < -0.3 is 9.47 Å². The van der Waals surface area contributed by atoms with E-state index in [2.05, 4.69) is 0 Å². The maximum atomic E-state index is 13.4. The van der Waals surface area contributed by atoms with E-state index in [-0.39, 0.29) is 23.9 Å². The van der Waals surface area contributed by atoms with Gasteiger partial charge in [0.1, 0.15) is 5.82 Å². The van der Waals surface area contributed by atoms with Crippen LogP contribution in [-0.4, -0.2) is 25.9 Å². The number of halogens is 1. The van der Waals surface area contributed by atoms with Crippen LogP contribution in [0, 0.1) is 5.82 Å². The van der Waals surface area contributed by atoms with Crippen molar-refractivity contribution in [3.63, 3.8) is 0 Å². The Morgan fingerprint density at radius 3 is 2.45 bits per heavy atom. The van der Waals surface area contributed by atoms with Crippen molar-refractivity contribution in [2.45, 2.75) is 31.6 Å². The van der Waals surface area contributed by atoms with Crippen LogP contribution in [0.5, 0.6) is 11.5 Å². The summed E-state index contributed by atoms with van der Waals surface area (Å²) < 4.78 is 24.4. The fourth-order valence-electron chi connectivity index (χ4n) is 4.33. The van der Waals surface area contributed by atoms with Crippen LogP contribution in [-0.2, 0) is 9.59 Å². The second kappa shape index (κ2) is 7.70. The number of ether oxygens (including phenoxy) is 2.